The molecule has 4 rings (SSSR count). The van der Waals surface area contributed by atoms with Gasteiger partial charge in [-0.25, -0.2) is 0 Å². The fourth-order valence-corrected chi connectivity index (χ4v) is 4.25. The lowest BCUT2D eigenvalue weighted by Crippen LogP contribution is -2.31. The van der Waals surface area contributed by atoms with Gasteiger partial charge < -0.3 is 9.47 Å². The van der Waals surface area contributed by atoms with E-state index in [1.165, 1.54) is 30.6 Å². The molecule has 2 aromatic rings. The second kappa shape index (κ2) is 5.83. The molecule has 22 heavy (non-hydrogen) atoms. The molecule has 5 nitrogen and oxygen atoms in total. The van der Waals surface area contributed by atoms with Crippen molar-refractivity contribution in [2.75, 3.05) is 6.54 Å². The fourth-order valence-electron chi connectivity index (χ4n) is 3.57. The van der Waals surface area contributed by atoms with Gasteiger partial charge in [-0.1, -0.05) is 12.5 Å². The number of likely N-dealkylation sites (tertiary alicyclic amines) is 1. The summed E-state index contributed by atoms with van der Waals surface area (Å²) in [6.45, 7) is 1.82. The van der Waals surface area contributed by atoms with Crippen molar-refractivity contribution in [2.45, 2.75) is 51.1 Å². The Balaban J connectivity index is 1.64. The van der Waals surface area contributed by atoms with Crippen molar-refractivity contribution in [3.8, 4) is 0 Å². The first-order chi connectivity index (χ1) is 10.8. The molecule has 0 radical (unpaired) electrons. The zero-order valence-electron chi connectivity index (χ0n) is 12.6. The molecular formula is C16H20N4OS. The number of aryl methyl sites for hydroxylation is 1. The highest BCUT2D eigenvalue weighted by molar-refractivity contribution is 7.12. The summed E-state index contributed by atoms with van der Waals surface area (Å²) in [4.78, 5) is 15.5. The average Bonchev–Trinajstić information content (AvgIpc) is 3.24. The van der Waals surface area contributed by atoms with E-state index in [4.69, 9.17) is 0 Å². The van der Waals surface area contributed by atoms with Gasteiger partial charge >= 0.3 is 0 Å². The van der Waals surface area contributed by atoms with Crippen molar-refractivity contribution >= 4 is 17.2 Å². The highest BCUT2D eigenvalue weighted by atomic mass is 32.1. The fraction of sp³-hybridized carbons (Fsp3) is 0.562. The molecule has 0 spiro atoms. The maximum absolute atomic E-state index is 12.7. The summed E-state index contributed by atoms with van der Waals surface area (Å²) in [6, 6.07) is 3.94. The summed E-state index contributed by atoms with van der Waals surface area (Å²) in [6.07, 6.45) is 6.69. The number of hydrogen-bond donors (Lipinski definition) is 0. The maximum atomic E-state index is 12.7. The van der Waals surface area contributed by atoms with Crippen molar-refractivity contribution < 1.29 is 4.79 Å². The van der Waals surface area contributed by atoms with Crippen LogP contribution in [0.5, 0.6) is 0 Å². The van der Waals surface area contributed by atoms with Crippen LogP contribution in [-0.4, -0.2) is 32.1 Å². The van der Waals surface area contributed by atoms with Crippen molar-refractivity contribution in [3.05, 3.63) is 34.0 Å². The van der Waals surface area contributed by atoms with E-state index in [0.717, 1.165) is 48.9 Å². The molecule has 1 atom stereocenters. The van der Waals surface area contributed by atoms with E-state index in [0.29, 0.717) is 0 Å². The Bertz CT molecular complexity index is 664. The van der Waals surface area contributed by atoms with Gasteiger partial charge in [0, 0.05) is 19.5 Å². The lowest BCUT2D eigenvalue weighted by molar-refractivity contribution is 0.0732. The monoisotopic (exact) mass is 316 g/mol. The van der Waals surface area contributed by atoms with Gasteiger partial charge in [0.15, 0.2) is 5.82 Å². The van der Waals surface area contributed by atoms with E-state index in [9.17, 15) is 4.79 Å². The number of rotatable bonds is 2. The Hall–Kier alpha value is -1.69. The quantitative estimate of drug-likeness (QED) is 0.855. The summed E-state index contributed by atoms with van der Waals surface area (Å²) in [5, 5.41) is 10.8. The van der Waals surface area contributed by atoms with E-state index >= 15 is 0 Å². The molecule has 0 saturated carbocycles. The van der Waals surface area contributed by atoms with Crippen molar-refractivity contribution in [2.24, 2.45) is 0 Å². The van der Waals surface area contributed by atoms with Crippen LogP contribution in [0.15, 0.2) is 17.5 Å². The first-order valence-electron chi connectivity index (χ1n) is 8.11. The zero-order valence-corrected chi connectivity index (χ0v) is 13.4. The molecule has 116 valence electrons. The average molecular weight is 316 g/mol. The lowest BCUT2D eigenvalue weighted by Gasteiger charge is -2.24. The van der Waals surface area contributed by atoms with Gasteiger partial charge in [0.05, 0.1) is 10.9 Å². The minimum atomic E-state index is 0.0916. The molecule has 0 aromatic carbocycles. The normalized spacial score (nSPS) is 21.6. The molecule has 1 saturated heterocycles. The number of aromatic nitrogens is 3. The van der Waals surface area contributed by atoms with E-state index < -0.39 is 0 Å². The Kier molecular flexibility index (Phi) is 3.70. The molecule has 0 unspecified atom stereocenters. The molecular weight excluding hydrogens is 296 g/mol. The Morgan fingerprint density at radius 1 is 1.18 bits per heavy atom. The zero-order chi connectivity index (χ0) is 14.9. The predicted octanol–water partition coefficient (Wildman–Crippen LogP) is 3.04. The second-order valence-electron chi connectivity index (χ2n) is 6.07. The third kappa shape index (κ3) is 2.35. The van der Waals surface area contributed by atoms with Gasteiger partial charge in [0.25, 0.3) is 5.91 Å². The standard InChI is InChI=1S/C16H20N4OS/c21-16(13-7-5-11-22-13)19-10-4-6-12(19)15-18-17-14-8-2-1-3-9-20(14)15/h5,7,11-12H,1-4,6,8-10H2/t12-/m1/s1. The minimum Gasteiger partial charge on any atom is -0.328 e. The van der Waals surface area contributed by atoms with Crippen molar-refractivity contribution in [1.82, 2.24) is 19.7 Å². The molecule has 2 aliphatic rings. The van der Waals surface area contributed by atoms with Gasteiger partial charge in [-0.3, -0.25) is 4.79 Å². The lowest BCUT2D eigenvalue weighted by atomic mass is 10.2. The largest absolute Gasteiger partial charge is 0.328 e. The molecule has 0 bridgehead atoms. The molecule has 0 N–H and O–H groups in total. The maximum Gasteiger partial charge on any atom is 0.264 e. The first kappa shape index (κ1) is 13.9. The van der Waals surface area contributed by atoms with Crippen LogP contribution >= 0.6 is 11.3 Å². The molecule has 4 heterocycles. The summed E-state index contributed by atoms with van der Waals surface area (Å²) in [5.74, 6) is 2.24. The molecule has 1 amide bonds. The third-order valence-corrected chi connectivity index (χ3v) is 5.54. The van der Waals surface area contributed by atoms with Gasteiger partial charge in [-0.05, 0) is 37.1 Å². The van der Waals surface area contributed by atoms with Crippen LogP contribution < -0.4 is 0 Å². The highest BCUT2D eigenvalue weighted by Gasteiger charge is 2.35. The van der Waals surface area contributed by atoms with Crippen molar-refractivity contribution in [1.29, 1.82) is 0 Å². The van der Waals surface area contributed by atoms with E-state index in [2.05, 4.69) is 14.8 Å². The van der Waals surface area contributed by atoms with E-state index in [1.54, 1.807) is 0 Å². The van der Waals surface area contributed by atoms with Crippen molar-refractivity contribution in [3.63, 3.8) is 0 Å². The number of thiophene rings is 1. The van der Waals surface area contributed by atoms with Crippen LogP contribution in [0.2, 0.25) is 0 Å². The van der Waals surface area contributed by atoms with Crippen LogP contribution in [0.3, 0.4) is 0 Å². The van der Waals surface area contributed by atoms with Crippen LogP contribution in [0.4, 0.5) is 0 Å². The molecule has 1 fully saturated rings. The van der Waals surface area contributed by atoms with E-state index in [-0.39, 0.29) is 11.9 Å². The van der Waals surface area contributed by atoms with Gasteiger partial charge in [-0.15, -0.1) is 21.5 Å². The summed E-state index contributed by atoms with van der Waals surface area (Å²) in [5.41, 5.74) is 0. The summed E-state index contributed by atoms with van der Waals surface area (Å²) >= 11 is 1.52. The smallest absolute Gasteiger partial charge is 0.264 e. The van der Waals surface area contributed by atoms with Gasteiger partial charge in [0.1, 0.15) is 5.82 Å². The number of carbonyl (C=O) groups excluding carboxylic acids is 1. The minimum absolute atomic E-state index is 0.0916. The van der Waals surface area contributed by atoms with Crippen LogP contribution in [-0.2, 0) is 13.0 Å². The highest BCUT2D eigenvalue weighted by Crippen LogP contribution is 2.34. The number of hydrogen-bond acceptors (Lipinski definition) is 4. The van der Waals surface area contributed by atoms with Crippen LogP contribution in [0, 0.1) is 0 Å². The Labute approximate surface area is 134 Å². The number of amides is 1. The SMILES string of the molecule is O=C(c1cccs1)N1CCC[C@@H]1c1nnc2n1CCCCC2. The Morgan fingerprint density at radius 3 is 3.00 bits per heavy atom. The summed E-state index contributed by atoms with van der Waals surface area (Å²) in [7, 11) is 0. The second-order valence-corrected chi connectivity index (χ2v) is 7.02. The topological polar surface area (TPSA) is 51.0 Å². The predicted molar refractivity (Wildman–Crippen MR) is 84.9 cm³/mol. The number of carbonyl (C=O) groups is 1. The molecule has 2 aliphatic heterocycles. The Morgan fingerprint density at radius 2 is 2.14 bits per heavy atom. The van der Waals surface area contributed by atoms with Gasteiger partial charge in [0.2, 0.25) is 0 Å². The third-order valence-electron chi connectivity index (χ3n) is 4.68. The number of nitrogens with zero attached hydrogens (tertiary/aromatic N) is 4. The van der Waals surface area contributed by atoms with Crippen LogP contribution in [0.25, 0.3) is 0 Å². The molecule has 0 aliphatic carbocycles. The molecule has 6 heteroatoms. The summed E-state index contributed by atoms with van der Waals surface area (Å²) < 4.78 is 2.28. The van der Waals surface area contributed by atoms with Crippen LogP contribution in [0.1, 0.15) is 59.5 Å². The molecule has 2 aromatic heterocycles. The van der Waals surface area contributed by atoms with Gasteiger partial charge in [-0.2, -0.15) is 0 Å². The number of fused-ring (bicyclic) bond motifs is 1. The van der Waals surface area contributed by atoms with E-state index in [1.807, 2.05) is 22.4 Å². The first-order valence-corrected chi connectivity index (χ1v) is 8.99.